The van der Waals surface area contributed by atoms with E-state index in [1.807, 2.05) is 12.1 Å². The molecule has 3 rings (SSSR count). The van der Waals surface area contributed by atoms with Gasteiger partial charge in [0.25, 0.3) is 10.0 Å². The summed E-state index contributed by atoms with van der Waals surface area (Å²) < 4.78 is 33.5. The average molecular weight is 411 g/mol. The van der Waals surface area contributed by atoms with Crippen molar-refractivity contribution in [2.45, 2.75) is 17.4 Å². The minimum absolute atomic E-state index is 0.219. The van der Waals surface area contributed by atoms with Gasteiger partial charge >= 0.3 is 0 Å². The maximum Gasteiger partial charge on any atom is 0.263 e. The first-order chi connectivity index (χ1) is 11.5. The molecule has 0 aliphatic carbocycles. The molecule has 1 saturated heterocycles. The highest BCUT2D eigenvalue weighted by atomic mass is 79.9. The molecule has 1 N–H and O–H groups in total. The van der Waals surface area contributed by atoms with Gasteiger partial charge in [-0.15, -0.1) is 0 Å². The van der Waals surface area contributed by atoms with E-state index in [0.29, 0.717) is 10.2 Å². The predicted octanol–water partition coefficient (Wildman–Crippen LogP) is 3.48. The van der Waals surface area contributed by atoms with Crippen LogP contribution in [0, 0.1) is 0 Å². The summed E-state index contributed by atoms with van der Waals surface area (Å²) in [4.78, 5) is 2.46. The van der Waals surface area contributed by atoms with E-state index in [2.05, 4.69) is 25.6 Å². The van der Waals surface area contributed by atoms with Gasteiger partial charge in [-0.1, -0.05) is 12.1 Å². The first-order valence-electron chi connectivity index (χ1n) is 7.65. The SMILES string of the molecule is CO[C@H]1CCN(c2ccc(NS(=O)(=O)c3ccccc3Br)cc2)C1. The molecule has 0 spiro atoms. The molecule has 0 bridgehead atoms. The first-order valence-corrected chi connectivity index (χ1v) is 9.92. The Balaban J connectivity index is 1.74. The van der Waals surface area contributed by atoms with Gasteiger partial charge in [0, 0.05) is 36.0 Å². The monoisotopic (exact) mass is 410 g/mol. The maximum absolute atomic E-state index is 12.5. The van der Waals surface area contributed by atoms with E-state index in [1.165, 1.54) is 0 Å². The molecule has 1 fully saturated rings. The zero-order chi connectivity index (χ0) is 17.2. The molecule has 0 amide bonds. The summed E-state index contributed by atoms with van der Waals surface area (Å²) in [6.45, 7) is 1.80. The number of benzene rings is 2. The Morgan fingerprint density at radius 2 is 1.88 bits per heavy atom. The van der Waals surface area contributed by atoms with Gasteiger partial charge in [0.1, 0.15) is 4.90 Å². The van der Waals surface area contributed by atoms with Crippen LogP contribution in [0.3, 0.4) is 0 Å². The van der Waals surface area contributed by atoms with Crippen LogP contribution in [0.25, 0.3) is 0 Å². The van der Waals surface area contributed by atoms with Gasteiger partial charge in [-0.3, -0.25) is 4.72 Å². The fraction of sp³-hybridized carbons (Fsp3) is 0.294. The van der Waals surface area contributed by atoms with E-state index in [-0.39, 0.29) is 11.0 Å². The molecule has 1 heterocycles. The number of ether oxygens (including phenoxy) is 1. The van der Waals surface area contributed by atoms with Gasteiger partial charge in [-0.2, -0.15) is 0 Å². The predicted molar refractivity (Wildman–Crippen MR) is 99.0 cm³/mol. The molecule has 0 aromatic heterocycles. The normalized spacial score (nSPS) is 17.9. The Hall–Kier alpha value is -1.57. The summed E-state index contributed by atoms with van der Waals surface area (Å²) in [7, 11) is -1.89. The molecule has 0 unspecified atom stereocenters. The molecule has 0 radical (unpaired) electrons. The standard InChI is InChI=1S/C17H19BrN2O3S/c1-23-15-10-11-20(12-15)14-8-6-13(7-9-14)19-24(21,22)17-5-3-2-4-16(17)18/h2-9,15,19H,10-12H2,1H3/t15-/m0/s1. The quantitative estimate of drug-likeness (QED) is 0.819. The lowest BCUT2D eigenvalue weighted by Gasteiger charge is -2.19. The van der Waals surface area contributed by atoms with Crippen LogP contribution < -0.4 is 9.62 Å². The van der Waals surface area contributed by atoms with Crippen molar-refractivity contribution in [2.75, 3.05) is 29.8 Å². The molecule has 24 heavy (non-hydrogen) atoms. The summed E-state index contributed by atoms with van der Waals surface area (Å²) in [6, 6.07) is 14.2. The summed E-state index contributed by atoms with van der Waals surface area (Å²) in [5.41, 5.74) is 1.61. The van der Waals surface area contributed by atoms with Crippen LogP contribution in [0.2, 0.25) is 0 Å². The van der Waals surface area contributed by atoms with Gasteiger partial charge in [-0.25, -0.2) is 8.42 Å². The largest absolute Gasteiger partial charge is 0.380 e. The van der Waals surface area contributed by atoms with E-state index in [4.69, 9.17) is 4.74 Å². The summed E-state index contributed by atoms with van der Waals surface area (Å²) in [5, 5.41) is 0. The van der Waals surface area contributed by atoms with Crippen LogP contribution in [-0.4, -0.2) is 34.7 Å². The smallest absolute Gasteiger partial charge is 0.263 e. The minimum Gasteiger partial charge on any atom is -0.380 e. The topological polar surface area (TPSA) is 58.6 Å². The van der Waals surface area contributed by atoms with Crippen LogP contribution in [-0.2, 0) is 14.8 Å². The molecular formula is C17H19BrN2O3S. The van der Waals surface area contributed by atoms with Crippen LogP contribution in [0.15, 0.2) is 57.9 Å². The lowest BCUT2D eigenvalue weighted by molar-refractivity contribution is 0.121. The van der Waals surface area contributed by atoms with Crippen molar-refractivity contribution in [3.8, 4) is 0 Å². The molecule has 5 nitrogen and oxygen atoms in total. The Morgan fingerprint density at radius 1 is 1.17 bits per heavy atom. The van der Waals surface area contributed by atoms with E-state index >= 15 is 0 Å². The number of rotatable bonds is 5. The van der Waals surface area contributed by atoms with E-state index in [0.717, 1.165) is 25.2 Å². The number of methoxy groups -OCH3 is 1. The molecule has 0 saturated carbocycles. The summed E-state index contributed by atoms with van der Waals surface area (Å²) >= 11 is 3.28. The maximum atomic E-state index is 12.5. The summed E-state index contributed by atoms with van der Waals surface area (Å²) in [6.07, 6.45) is 1.27. The van der Waals surface area contributed by atoms with Gasteiger partial charge in [0.05, 0.1) is 6.10 Å². The van der Waals surface area contributed by atoms with Crippen molar-refractivity contribution < 1.29 is 13.2 Å². The third kappa shape index (κ3) is 3.74. The molecule has 1 aliphatic rings. The fourth-order valence-corrected chi connectivity index (χ4v) is 4.83. The number of nitrogens with one attached hydrogen (secondary N) is 1. The van der Waals surface area contributed by atoms with Crippen molar-refractivity contribution in [3.05, 3.63) is 53.0 Å². The van der Waals surface area contributed by atoms with Crippen LogP contribution in [0.5, 0.6) is 0 Å². The summed E-state index contributed by atoms with van der Waals surface area (Å²) in [5.74, 6) is 0. The van der Waals surface area contributed by atoms with E-state index in [9.17, 15) is 8.42 Å². The van der Waals surface area contributed by atoms with Crippen LogP contribution in [0.1, 0.15) is 6.42 Å². The molecule has 2 aromatic carbocycles. The number of nitrogens with zero attached hydrogens (tertiary/aromatic N) is 1. The van der Waals surface area contributed by atoms with Crippen molar-refractivity contribution in [2.24, 2.45) is 0 Å². The first kappa shape index (κ1) is 17.3. The average Bonchev–Trinajstić information content (AvgIpc) is 3.04. The highest BCUT2D eigenvalue weighted by Crippen LogP contribution is 2.26. The minimum atomic E-state index is -3.62. The second-order valence-corrected chi connectivity index (χ2v) is 8.18. The van der Waals surface area contributed by atoms with Crippen LogP contribution >= 0.6 is 15.9 Å². The highest BCUT2D eigenvalue weighted by molar-refractivity contribution is 9.10. The molecule has 1 aliphatic heterocycles. The van der Waals surface area contributed by atoms with E-state index < -0.39 is 10.0 Å². The van der Waals surface area contributed by atoms with Gasteiger partial charge in [-0.05, 0) is 58.7 Å². The second-order valence-electron chi connectivity index (χ2n) is 5.68. The fourth-order valence-electron chi connectivity index (χ4n) is 2.77. The van der Waals surface area contributed by atoms with Crippen molar-refractivity contribution in [1.29, 1.82) is 0 Å². The molecule has 128 valence electrons. The highest BCUT2D eigenvalue weighted by Gasteiger charge is 2.22. The Bertz CT molecular complexity index is 809. The number of halogens is 1. The Labute approximate surface area is 150 Å². The number of anilines is 2. The Kier molecular flexibility index (Phi) is 5.12. The number of hydrogen-bond acceptors (Lipinski definition) is 4. The van der Waals surface area contributed by atoms with E-state index in [1.54, 1.807) is 43.5 Å². The zero-order valence-electron chi connectivity index (χ0n) is 13.3. The van der Waals surface area contributed by atoms with Gasteiger partial charge in [0.15, 0.2) is 0 Å². The molecule has 2 aromatic rings. The second kappa shape index (κ2) is 7.13. The molecule has 1 atom stereocenters. The third-order valence-corrected chi connectivity index (χ3v) is 6.48. The number of sulfonamides is 1. The van der Waals surface area contributed by atoms with Crippen molar-refractivity contribution in [1.82, 2.24) is 0 Å². The van der Waals surface area contributed by atoms with Crippen molar-refractivity contribution >= 4 is 37.3 Å². The van der Waals surface area contributed by atoms with Crippen LogP contribution in [0.4, 0.5) is 11.4 Å². The lowest BCUT2D eigenvalue weighted by atomic mass is 10.2. The Morgan fingerprint density at radius 3 is 2.50 bits per heavy atom. The van der Waals surface area contributed by atoms with Crippen molar-refractivity contribution in [3.63, 3.8) is 0 Å². The van der Waals surface area contributed by atoms with Gasteiger partial charge < -0.3 is 9.64 Å². The van der Waals surface area contributed by atoms with Gasteiger partial charge in [0.2, 0.25) is 0 Å². The zero-order valence-corrected chi connectivity index (χ0v) is 15.7. The molecular weight excluding hydrogens is 392 g/mol. The number of hydrogen-bond donors (Lipinski definition) is 1. The molecule has 7 heteroatoms. The third-order valence-electron chi connectivity index (χ3n) is 4.09. The lowest BCUT2D eigenvalue weighted by Crippen LogP contribution is -2.22.